The smallest absolute Gasteiger partial charge is 0.118 e. The van der Waals surface area contributed by atoms with Crippen molar-refractivity contribution in [2.75, 3.05) is 7.11 Å². The van der Waals surface area contributed by atoms with Crippen molar-refractivity contribution in [1.82, 2.24) is 0 Å². The van der Waals surface area contributed by atoms with Crippen LogP contribution in [0.25, 0.3) is 0 Å². The van der Waals surface area contributed by atoms with E-state index < -0.39 is 0 Å². The van der Waals surface area contributed by atoms with Crippen molar-refractivity contribution in [3.8, 4) is 5.75 Å². The maximum atomic E-state index is 5.42. The summed E-state index contributed by atoms with van der Waals surface area (Å²) in [5.74, 6) is 1.47. The zero-order valence-electron chi connectivity index (χ0n) is 7.95. The van der Waals surface area contributed by atoms with Crippen LogP contribution < -0.4 is 10.5 Å². The summed E-state index contributed by atoms with van der Waals surface area (Å²) in [6.45, 7) is 2.41. The lowest BCUT2D eigenvalue weighted by atomic mass is 10.2. The molecule has 0 aliphatic carbocycles. The molecule has 0 saturated heterocycles. The van der Waals surface area contributed by atoms with Crippen molar-refractivity contribution in [3.63, 3.8) is 0 Å². The molecule has 0 amide bonds. The van der Waals surface area contributed by atoms with Gasteiger partial charge < -0.3 is 10.5 Å². The minimum atomic E-state index is 0.607. The molecule has 2 N–H and O–H groups in total. The third-order valence-electron chi connectivity index (χ3n) is 1.67. The third kappa shape index (κ3) is 3.15. The van der Waals surface area contributed by atoms with Crippen LogP contribution in [-0.2, 0) is 6.54 Å². The topological polar surface area (TPSA) is 47.6 Å². The van der Waals surface area contributed by atoms with Crippen molar-refractivity contribution >= 4 is 5.84 Å². The van der Waals surface area contributed by atoms with Gasteiger partial charge in [-0.05, 0) is 24.6 Å². The Morgan fingerprint density at radius 3 is 2.46 bits per heavy atom. The van der Waals surface area contributed by atoms with Crippen LogP contribution in [0.15, 0.2) is 29.3 Å². The first kappa shape index (κ1) is 9.58. The first-order valence-corrected chi connectivity index (χ1v) is 4.12. The summed E-state index contributed by atoms with van der Waals surface area (Å²) in [5.41, 5.74) is 6.55. The number of hydrogen-bond donors (Lipinski definition) is 1. The van der Waals surface area contributed by atoms with Crippen molar-refractivity contribution < 1.29 is 4.74 Å². The van der Waals surface area contributed by atoms with Gasteiger partial charge in [0, 0.05) is 0 Å². The minimum Gasteiger partial charge on any atom is -0.497 e. The SMILES string of the molecule is COc1ccc(CN=C(C)N)cc1. The summed E-state index contributed by atoms with van der Waals surface area (Å²) in [6.07, 6.45) is 0. The molecule has 13 heavy (non-hydrogen) atoms. The molecule has 0 bridgehead atoms. The van der Waals surface area contributed by atoms with Crippen LogP contribution in [0.2, 0.25) is 0 Å². The van der Waals surface area contributed by atoms with Crippen LogP contribution in [0.1, 0.15) is 12.5 Å². The first-order chi connectivity index (χ1) is 6.22. The van der Waals surface area contributed by atoms with Gasteiger partial charge in [0.2, 0.25) is 0 Å². The number of benzene rings is 1. The number of amidine groups is 1. The quantitative estimate of drug-likeness (QED) is 0.564. The highest BCUT2D eigenvalue weighted by atomic mass is 16.5. The zero-order chi connectivity index (χ0) is 9.68. The van der Waals surface area contributed by atoms with Crippen molar-refractivity contribution in [2.24, 2.45) is 10.7 Å². The van der Waals surface area contributed by atoms with E-state index >= 15 is 0 Å². The molecular formula is C10H14N2O. The molecule has 0 radical (unpaired) electrons. The van der Waals surface area contributed by atoms with E-state index in [-0.39, 0.29) is 0 Å². The Labute approximate surface area is 78.2 Å². The molecule has 0 aliphatic rings. The second-order valence-electron chi connectivity index (χ2n) is 2.81. The van der Waals surface area contributed by atoms with Crippen LogP contribution in [0.4, 0.5) is 0 Å². The van der Waals surface area contributed by atoms with Crippen molar-refractivity contribution in [2.45, 2.75) is 13.5 Å². The van der Waals surface area contributed by atoms with Crippen LogP contribution >= 0.6 is 0 Å². The molecule has 0 heterocycles. The number of hydrogen-bond acceptors (Lipinski definition) is 2. The summed E-state index contributed by atoms with van der Waals surface area (Å²) in [4.78, 5) is 4.10. The Morgan fingerprint density at radius 1 is 1.38 bits per heavy atom. The maximum Gasteiger partial charge on any atom is 0.118 e. The fourth-order valence-electron chi connectivity index (χ4n) is 0.947. The monoisotopic (exact) mass is 178 g/mol. The predicted molar refractivity (Wildman–Crippen MR) is 54.0 cm³/mol. The number of nitrogens with two attached hydrogens (primary N) is 1. The summed E-state index contributed by atoms with van der Waals surface area (Å²) >= 11 is 0. The van der Waals surface area contributed by atoms with Gasteiger partial charge in [0.1, 0.15) is 5.75 Å². The van der Waals surface area contributed by atoms with E-state index in [0.29, 0.717) is 12.4 Å². The highest BCUT2D eigenvalue weighted by Gasteiger charge is 1.92. The lowest BCUT2D eigenvalue weighted by Crippen LogP contribution is -2.05. The molecule has 0 unspecified atom stereocenters. The standard InChI is InChI=1S/C10H14N2O/c1-8(11)12-7-9-3-5-10(13-2)6-4-9/h3-6H,7H2,1-2H3,(H2,11,12). The Hall–Kier alpha value is -1.51. The van der Waals surface area contributed by atoms with Crippen LogP contribution in [0.5, 0.6) is 5.75 Å². The van der Waals surface area contributed by atoms with E-state index in [1.54, 1.807) is 14.0 Å². The van der Waals surface area contributed by atoms with Crippen LogP contribution in [-0.4, -0.2) is 12.9 Å². The van der Waals surface area contributed by atoms with E-state index in [0.717, 1.165) is 11.3 Å². The van der Waals surface area contributed by atoms with E-state index in [2.05, 4.69) is 4.99 Å². The second kappa shape index (κ2) is 4.50. The first-order valence-electron chi connectivity index (χ1n) is 4.12. The summed E-state index contributed by atoms with van der Waals surface area (Å²) in [7, 11) is 1.65. The van der Waals surface area contributed by atoms with Gasteiger partial charge >= 0.3 is 0 Å². The molecule has 0 aromatic heterocycles. The lowest BCUT2D eigenvalue weighted by Gasteiger charge is -2.00. The van der Waals surface area contributed by atoms with E-state index in [1.165, 1.54) is 0 Å². The highest BCUT2D eigenvalue weighted by Crippen LogP contribution is 2.11. The van der Waals surface area contributed by atoms with E-state index in [9.17, 15) is 0 Å². The number of rotatable bonds is 3. The molecule has 0 spiro atoms. The van der Waals surface area contributed by atoms with Crippen molar-refractivity contribution in [3.05, 3.63) is 29.8 Å². The van der Waals surface area contributed by atoms with Crippen molar-refractivity contribution in [1.29, 1.82) is 0 Å². The van der Waals surface area contributed by atoms with Gasteiger partial charge in [0.15, 0.2) is 0 Å². The molecular weight excluding hydrogens is 164 g/mol. The Bertz CT molecular complexity index is 286. The lowest BCUT2D eigenvalue weighted by molar-refractivity contribution is 0.414. The number of nitrogens with zero attached hydrogens (tertiary/aromatic N) is 1. The molecule has 0 fully saturated rings. The van der Waals surface area contributed by atoms with Gasteiger partial charge in [0.05, 0.1) is 19.5 Å². The van der Waals surface area contributed by atoms with Gasteiger partial charge in [-0.25, -0.2) is 0 Å². The average molecular weight is 178 g/mol. The fourth-order valence-corrected chi connectivity index (χ4v) is 0.947. The number of aliphatic imine (C=N–C) groups is 1. The molecule has 0 atom stereocenters. The second-order valence-corrected chi connectivity index (χ2v) is 2.81. The predicted octanol–water partition coefficient (Wildman–Crippen LogP) is 1.57. The molecule has 70 valence electrons. The normalized spacial score (nSPS) is 11.4. The molecule has 0 aliphatic heterocycles. The summed E-state index contributed by atoms with van der Waals surface area (Å²) in [6, 6.07) is 7.78. The molecule has 3 nitrogen and oxygen atoms in total. The summed E-state index contributed by atoms with van der Waals surface area (Å²) < 4.78 is 5.03. The fraction of sp³-hybridized carbons (Fsp3) is 0.300. The van der Waals surface area contributed by atoms with E-state index in [1.807, 2.05) is 24.3 Å². The average Bonchev–Trinajstić information content (AvgIpc) is 2.15. The van der Waals surface area contributed by atoms with Crippen LogP contribution in [0.3, 0.4) is 0 Å². The Morgan fingerprint density at radius 2 is 2.00 bits per heavy atom. The minimum absolute atomic E-state index is 0.607. The third-order valence-corrected chi connectivity index (χ3v) is 1.67. The van der Waals surface area contributed by atoms with Gasteiger partial charge in [-0.1, -0.05) is 12.1 Å². The number of ether oxygens (including phenoxy) is 1. The largest absolute Gasteiger partial charge is 0.497 e. The maximum absolute atomic E-state index is 5.42. The summed E-state index contributed by atoms with van der Waals surface area (Å²) in [5, 5.41) is 0. The van der Waals surface area contributed by atoms with Gasteiger partial charge in [-0.3, -0.25) is 4.99 Å². The Kier molecular flexibility index (Phi) is 3.31. The molecule has 1 rings (SSSR count). The zero-order valence-corrected chi connectivity index (χ0v) is 7.95. The molecule has 0 saturated carbocycles. The molecule has 1 aromatic rings. The highest BCUT2D eigenvalue weighted by molar-refractivity contribution is 5.77. The van der Waals surface area contributed by atoms with Gasteiger partial charge in [-0.2, -0.15) is 0 Å². The van der Waals surface area contributed by atoms with Gasteiger partial charge in [-0.15, -0.1) is 0 Å². The van der Waals surface area contributed by atoms with Crippen LogP contribution in [0, 0.1) is 0 Å². The number of methoxy groups -OCH3 is 1. The van der Waals surface area contributed by atoms with E-state index in [4.69, 9.17) is 10.5 Å². The Balaban J connectivity index is 2.64. The van der Waals surface area contributed by atoms with Gasteiger partial charge in [0.25, 0.3) is 0 Å². The molecule has 3 heteroatoms. The molecule has 1 aromatic carbocycles.